The van der Waals surface area contributed by atoms with E-state index in [0.717, 1.165) is 11.1 Å². The van der Waals surface area contributed by atoms with Crippen LogP contribution in [-0.2, 0) is 27.4 Å². The molecule has 0 unspecified atom stereocenters. The Balaban J connectivity index is 1.74. The highest BCUT2D eigenvalue weighted by molar-refractivity contribution is 6.04. The highest BCUT2D eigenvalue weighted by Crippen LogP contribution is 2.29. The van der Waals surface area contributed by atoms with Crippen LogP contribution in [0.3, 0.4) is 0 Å². The maximum atomic E-state index is 12.9. The lowest BCUT2D eigenvalue weighted by Gasteiger charge is -2.25. The number of imide groups is 1. The summed E-state index contributed by atoms with van der Waals surface area (Å²) >= 11 is 0. The Kier molecular flexibility index (Phi) is 5.40. The zero-order valence-corrected chi connectivity index (χ0v) is 16.3. The molecule has 150 valence electrons. The summed E-state index contributed by atoms with van der Waals surface area (Å²) in [5.41, 5.74) is 1.50. The van der Waals surface area contributed by atoms with Crippen LogP contribution in [0.2, 0.25) is 0 Å². The number of nitrogens with one attached hydrogen (secondary N) is 2. The Labute approximate surface area is 163 Å². The van der Waals surface area contributed by atoms with E-state index in [1.54, 1.807) is 32.9 Å². The predicted octanol–water partition coefficient (Wildman–Crippen LogP) is 1.86. The van der Waals surface area contributed by atoms with Crippen LogP contribution in [0.4, 0.5) is 4.79 Å². The first kappa shape index (κ1) is 19.9. The van der Waals surface area contributed by atoms with Crippen LogP contribution in [0.25, 0.3) is 0 Å². The van der Waals surface area contributed by atoms with Crippen molar-refractivity contribution in [3.05, 3.63) is 34.9 Å². The molecule has 2 heterocycles. The van der Waals surface area contributed by atoms with E-state index in [1.165, 1.54) is 4.90 Å². The molecule has 8 nitrogen and oxygen atoms in total. The van der Waals surface area contributed by atoms with E-state index in [2.05, 4.69) is 10.6 Å². The fourth-order valence-electron chi connectivity index (χ4n) is 3.49. The number of carbonyl (C=O) groups excluding carboxylic acids is 4. The maximum absolute atomic E-state index is 12.9. The van der Waals surface area contributed by atoms with E-state index in [0.29, 0.717) is 18.4 Å². The summed E-state index contributed by atoms with van der Waals surface area (Å²) in [7, 11) is 0. The SMILES string of the molecule is CC(C)(C)OC(=O)NCc1cccc2c1CN([C@H]1CCCC(=O)NC1=O)C2=O. The third-order valence-electron chi connectivity index (χ3n) is 4.74. The Morgan fingerprint density at radius 3 is 2.75 bits per heavy atom. The first-order valence-corrected chi connectivity index (χ1v) is 9.38. The van der Waals surface area contributed by atoms with Crippen molar-refractivity contribution in [2.45, 2.75) is 64.8 Å². The van der Waals surface area contributed by atoms with Gasteiger partial charge in [0.05, 0.1) is 0 Å². The summed E-state index contributed by atoms with van der Waals surface area (Å²) in [6, 6.07) is 4.64. The molecule has 1 saturated heterocycles. The second-order valence-corrected chi connectivity index (χ2v) is 8.05. The molecule has 2 N–H and O–H groups in total. The van der Waals surface area contributed by atoms with Gasteiger partial charge in [0.2, 0.25) is 11.8 Å². The predicted molar refractivity (Wildman–Crippen MR) is 100 cm³/mol. The minimum absolute atomic E-state index is 0.217. The molecule has 8 heteroatoms. The molecule has 0 radical (unpaired) electrons. The Hall–Kier alpha value is -2.90. The fraction of sp³-hybridized carbons (Fsp3) is 0.500. The average molecular weight is 387 g/mol. The zero-order valence-electron chi connectivity index (χ0n) is 16.3. The number of alkyl carbamates (subject to hydrolysis) is 1. The highest BCUT2D eigenvalue weighted by Gasteiger charge is 2.38. The topological polar surface area (TPSA) is 105 Å². The first-order valence-electron chi connectivity index (χ1n) is 9.38. The third kappa shape index (κ3) is 4.32. The van der Waals surface area contributed by atoms with Crippen molar-refractivity contribution in [2.75, 3.05) is 0 Å². The number of fused-ring (bicyclic) bond motifs is 1. The van der Waals surface area contributed by atoms with Crippen LogP contribution in [0.5, 0.6) is 0 Å². The molecule has 3 rings (SSSR count). The normalized spacial score (nSPS) is 19.8. The van der Waals surface area contributed by atoms with Crippen LogP contribution >= 0.6 is 0 Å². The van der Waals surface area contributed by atoms with Gasteiger partial charge in [-0.2, -0.15) is 0 Å². The molecule has 2 aliphatic rings. The summed E-state index contributed by atoms with van der Waals surface area (Å²) in [4.78, 5) is 50.2. The lowest BCUT2D eigenvalue weighted by atomic mass is 10.0. The summed E-state index contributed by atoms with van der Waals surface area (Å²) in [5, 5.41) is 5.05. The van der Waals surface area contributed by atoms with Gasteiger partial charge in [0, 0.05) is 25.1 Å². The fourth-order valence-corrected chi connectivity index (χ4v) is 3.49. The zero-order chi connectivity index (χ0) is 20.5. The number of carbonyl (C=O) groups is 4. The molecular formula is C20H25N3O5. The molecule has 0 aliphatic carbocycles. The second kappa shape index (κ2) is 7.61. The van der Waals surface area contributed by atoms with Crippen LogP contribution in [0.1, 0.15) is 61.5 Å². The number of benzene rings is 1. The van der Waals surface area contributed by atoms with Crippen molar-refractivity contribution in [2.24, 2.45) is 0 Å². The molecule has 1 atom stereocenters. The van der Waals surface area contributed by atoms with Crippen molar-refractivity contribution < 1.29 is 23.9 Å². The van der Waals surface area contributed by atoms with Crippen molar-refractivity contribution in [1.29, 1.82) is 0 Å². The average Bonchev–Trinajstić information content (AvgIpc) is 2.82. The Morgan fingerprint density at radius 1 is 1.29 bits per heavy atom. The van der Waals surface area contributed by atoms with Gasteiger partial charge >= 0.3 is 6.09 Å². The molecular weight excluding hydrogens is 362 g/mol. The van der Waals surface area contributed by atoms with Gasteiger partial charge in [-0.1, -0.05) is 12.1 Å². The Bertz CT molecular complexity index is 828. The quantitative estimate of drug-likeness (QED) is 0.771. The molecule has 1 aromatic carbocycles. The maximum Gasteiger partial charge on any atom is 0.407 e. The summed E-state index contributed by atoms with van der Waals surface area (Å²) in [5.74, 6) is -0.973. The van der Waals surface area contributed by atoms with E-state index in [4.69, 9.17) is 4.74 Å². The molecule has 28 heavy (non-hydrogen) atoms. The molecule has 0 aromatic heterocycles. The summed E-state index contributed by atoms with van der Waals surface area (Å²) in [6.07, 6.45) is 0.744. The number of hydrogen-bond acceptors (Lipinski definition) is 5. The standard InChI is InChI=1S/C20H25N3O5/c1-20(2,3)28-19(27)21-10-12-6-4-7-13-14(12)11-23(18(13)26)15-8-5-9-16(24)22-17(15)25/h4,6-7,15H,5,8-11H2,1-3H3,(H,21,27)(H,22,24,25)/t15-/m0/s1. The van der Waals surface area contributed by atoms with Gasteiger partial charge in [0.25, 0.3) is 5.91 Å². The molecule has 1 fully saturated rings. The van der Waals surface area contributed by atoms with Crippen LogP contribution in [-0.4, -0.2) is 40.4 Å². The van der Waals surface area contributed by atoms with Crippen molar-refractivity contribution in [3.8, 4) is 0 Å². The van der Waals surface area contributed by atoms with Crippen LogP contribution < -0.4 is 10.6 Å². The van der Waals surface area contributed by atoms with Gasteiger partial charge in [-0.05, 0) is 50.8 Å². The third-order valence-corrected chi connectivity index (χ3v) is 4.74. The monoisotopic (exact) mass is 387 g/mol. The van der Waals surface area contributed by atoms with Crippen LogP contribution in [0.15, 0.2) is 18.2 Å². The Morgan fingerprint density at radius 2 is 2.04 bits per heavy atom. The summed E-state index contributed by atoms with van der Waals surface area (Å²) in [6.45, 7) is 5.84. The smallest absolute Gasteiger partial charge is 0.407 e. The van der Waals surface area contributed by atoms with Gasteiger partial charge in [-0.15, -0.1) is 0 Å². The van der Waals surface area contributed by atoms with Gasteiger partial charge in [0.15, 0.2) is 0 Å². The van der Waals surface area contributed by atoms with E-state index in [-0.39, 0.29) is 31.3 Å². The minimum atomic E-state index is -0.669. The minimum Gasteiger partial charge on any atom is -0.444 e. The van der Waals surface area contributed by atoms with Gasteiger partial charge < -0.3 is 15.0 Å². The number of hydrogen-bond donors (Lipinski definition) is 2. The van der Waals surface area contributed by atoms with Crippen molar-refractivity contribution >= 4 is 23.8 Å². The lowest BCUT2D eigenvalue weighted by Crippen LogP contribution is -2.47. The molecule has 0 bridgehead atoms. The largest absolute Gasteiger partial charge is 0.444 e. The second-order valence-electron chi connectivity index (χ2n) is 8.05. The summed E-state index contributed by atoms with van der Waals surface area (Å²) < 4.78 is 5.24. The van der Waals surface area contributed by atoms with Gasteiger partial charge in [-0.3, -0.25) is 19.7 Å². The molecule has 2 aliphatic heterocycles. The number of amides is 4. The highest BCUT2D eigenvalue weighted by atomic mass is 16.6. The molecule has 0 saturated carbocycles. The van der Waals surface area contributed by atoms with E-state index in [1.807, 2.05) is 6.07 Å². The first-order chi connectivity index (χ1) is 13.2. The molecule has 1 aromatic rings. The van der Waals surface area contributed by atoms with Crippen molar-refractivity contribution in [3.63, 3.8) is 0 Å². The van der Waals surface area contributed by atoms with Crippen LogP contribution in [0, 0.1) is 0 Å². The van der Waals surface area contributed by atoms with Gasteiger partial charge in [0.1, 0.15) is 11.6 Å². The number of rotatable bonds is 3. The number of ether oxygens (including phenoxy) is 1. The molecule has 0 spiro atoms. The molecule has 4 amide bonds. The number of nitrogens with zero attached hydrogens (tertiary/aromatic N) is 1. The van der Waals surface area contributed by atoms with E-state index >= 15 is 0 Å². The van der Waals surface area contributed by atoms with Gasteiger partial charge in [-0.25, -0.2) is 4.79 Å². The lowest BCUT2D eigenvalue weighted by molar-refractivity contribution is -0.132. The van der Waals surface area contributed by atoms with E-state index in [9.17, 15) is 19.2 Å². The van der Waals surface area contributed by atoms with Crippen molar-refractivity contribution in [1.82, 2.24) is 15.5 Å². The van der Waals surface area contributed by atoms with E-state index < -0.39 is 23.6 Å².